The molecule has 0 aromatic carbocycles. The van der Waals surface area contributed by atoms with Gasteiger partial charge in [-0.15, -0.1) is 0 Å². The number of hydrogen-bond acceptors (Lipinski definition) is 0. The van der Waals surface area contributed by atoms with Gasteiger partial charge in [0.15, 0.2) is 0 Å². The Balaban J connectivity index is 0. The molecule has 0 radical (unpaired) electrons. The number of halogens is 6. The zero-order chi connectivity index (χ0) is 10.6. The summed E-state index contributed by atoms with van der Waals surface area (Å²) in [6.45, 7) is 3.75. The first-order valence-electron chi connectivity index (χ1n) is 3.23. The molecule has 0 fully saturated rings. The lowest BCUT2D eigenvalue weighted by atomic mass is 10.2. The predicted molar refractivity (Wildman–Crippen MR) is 32.9 cm³/mol. The van der Waals surface area contributed by atoms with E-state index in [1.165, 1.54) is 0 Å². The summed E-state index contributed by atoms with van der Waals surface area (Å²) < 4.78 is 68.3. The van der Waals surface area contributed by atoms with E-state index < -0.39 is 18.3 Å². The van der Waals surface area contributed by atoms with Crippen LogP contribution in [0.3, 0.4) is 0 Å². The van der Waals surface area contributed by atoms with Crippen molar-refractivity contribution in [1.29, 1.82) is 0 Å². The molecular weight excluding hydrogens is 186 g/mol. The Labute approximate surface area is 66.6 Å². The zero-order valence-electron chi connectivity index (χ0n) is 6.85. The highest BCUT2D eigenvalue weighted by molar-refractivity contribution is 4.82. The normalized spacial score (nSPS) is 12.5. The molecule has 12 heavy (non-hydrogen) atoms. The third-order valence-electron chi connectivity index (χ3n) is 0.859. The molecule has 0 atom stereocenters. The van der Waals surface area contributed by atoms with Gasteiger partial charge in [0, 0.05) is 6.92 Å². The highest BCUT2D eigenvalue weighted by Gasteiger charge is 2.59. The summed E-state index contributed by atoms with van der Waals surface area (Å²) in [6.07, 6.45) is -4.33. The van der Waals surface area contributed by atoms with Gasteiger partial charge in [-0.1, -0.05) is 13.8 Å². The first-order chi connectivity index (χ1) is 5.19. The van der Waals surface area contributed by atoms with Crippen LogP contribution >= 0.6 is 0 Å². The molecule has 0 rings (SSSR count). The Hall–Kier alpha value is -0.420. The molecule has 0 nitrogen and oxygen atoms in total. The van der Waals surface area contributed by atoms with Gasteiger partial charge in [-0.05, 0) is 0 Å². The summed E-state index contributed by atoms with van der Waals surface area (Å²) in [6, 6.07) is 0. The minimum Gasteiger partial charge on any atom is -0.203 e. The average Bonchev–Trinajstić information content (AvgIpc) is 1.89. The molecule has 0 aliphatic heterocycles. The monoisotopic (exact) mass is 196 g/mol. The Bertz CT molecular complexity index is 114. The summed E-state index contributed by atoms with van der Waals surface area (Å²) in [5.74, 6) is -9.89. The molecule has 0 aliphatic carbocycles. The van der Waals surface area contributed by atoms with E-state index in [0.717, 1.165) is 0 Å². The second-order valence-electron chi connectivity index (χ2n) is 1.81. The van der Waals surface area contributed by atoms with Gasteiger partial charge < -0.3 is 0 Å². The topological polar surface area (TPSA) is 0 Å². The molecule has 0 bridgehead atoms. The van der Waals surface area contributed by atoms with E-state index in [0.29, 0.717) is 0 Å². The van der Waals surface area contributed by atoms with Gasteiger partial charge in [0.25, 0.3) is 0 Å². The van der Waals surface area contributed by atoms with Gasteiger partial charge in [-0.3, -0.25) is 0 Å². The van der Waals surface area contributed by atoms with Gasteiger partial charge in [0.05, 0.1) is 0 Å². The SMILES string of the molecule is CC.CC(F)(F)C(F)(F)C(F)F. The Morgan fingerprint density at radius 1 is 0.917 bits per heavy atom. The molecule has 0 saturated carbocycles. The third-order valence-corrected chi connectivity index (χ3v) is 0.859. The average molecular weight is 196 g/mol. The third kappa shape index (κ3) is 3.32. The second kappa shape index (κ2) is 4.57. The maximum atomic E-state index is 11.6. The Morgan fingerprint density at radius 2 is 1.17 bits per heavy atom. The number of hydrogen-bond donors (Lipinski definition) is 0. The van der Waals surface area contributed by atoms with Crippen molar-refractivity contribution in [3.05, 3.63) is 0 Å². The van der Waals surface area contributed by atoms with Crippen molar-refractivity contribution in [3.8, 4) is 0 Å². The van der Waals surface area contributed by atoms with E-state index in [2.05, 4.69) is 0 Å². The second-order valence-corrected chi connectivity index (χ2v) is 1.81. The molecule has 0 N–H and O–H groups in total. The maximum Gasteiger partial charge on any atom is 0.368 e. The van der Waals surface area contributed by atoms with Crippen LogP contribution in [0.5, 0.6) is 0 Å². The fourth-order valence-electron chi connectivity index (χ4n) is 0.192. The van der Waals surface area contributed by atoms with Crippen molar-refractivity contribution < 1.29 is 26.3 Å². The molecule has 0 unspecified atom stereocenters. The molecule has 0 amide bonds. The minimum atomic E-state index is -5.23. The number of alkyl halides is 6. The van der Waals surface area contributed by atoms with Crippen LogP contribution in [-0.2, 0) is 0 Å². The molecule has 76 valence electrons. The molecule has 0 aromatic heterocycles. The van der Waals surface area contributed by atoms with E-state index >= 15 is 0 Å². The summed E-state index contributed by atoms with van der Waals surface area (Å²) in [5, 5.41) is 0. The lowest BCUT2D eigenvalue weighted by Crippen LogP contribution is -2.43. The summed E-state index contributed by atoms with van der Waals surface area (Å²) in [4.78, 5) is 0. The molecule has 0 heterocycles. The van der Waals surface area contributed by atoms with Gasteiger partial charge in [0.2, 0.25) is 0 Å². The van der Waals surface area contributed by atoms with Crippen LogP contribution < -0.4 is 0 Å². The van der Waals surface area contributed by atoms with Crippen LogP contribution in [0.15, 0.2) is 0 Å². The Morgan fingerprint density at radius 3 is 1.17 bits per heavy atom. The number of rotatable bonds is 2. The summed E-state index contributed by atoms with van der Waals surface area (Å²) in [5.41, 5.74) is 0. The van der Waals surface area contributed by atoms with Crippen LogP contribution in [-0.4, -0.2) is 18.3 Å². The molecule has 0 saturated heterocycles. The van der Waals surface area contributed by atoms with Crippen LogP contribution in [0.2, 0.25) is 0 Å². The fraction of sp³-hybridized carbons (Fsp3) is 1.00. The predicted octanol–water partition coefficient (Wildman–Crippen LogP) is 3.57. The highest BCUT2D eigenvalue weighted by Crippen LogP contribution is 2.38. The molecule has 0 spiro atoms. The first-order valence-corrected chi connectivity index (χ1v) is 3.23. The van der Waals surface area contributed by atoms with E-state index in [-0.39, 0.29) is 6.92 Å². The Kier molecular flexibility index (Phi) is 5.38. The molecule has 6 heteroatoms. The van der Waals surface area contributed by atoms with E-state index in [1.54, 1.807) is 0 Å². The van der Waals surface area contributed by atoms with Gasteiger partial charge >= 0.3 is 18.3 Å². The zero-order valence-corrected chi connectivity index (χ0v) is 6.85. The summed E-state index contributed by atoms with van der Waals surface area (Å²) in [7, 11) is 0. The van der Waals surface area contributed by atoms with Crippen molar-refractivity contribution in [2.75, 3.05) is 0 Å². The van der Waals surface area contributed by atoms with Crippen molar-refractivity contribution in [2.24, 2.45) is 0 Å². The lowest BCUT2D eigenvalue weighted by Gasteiger charge is -2.21. The van der Waals surface area contributed by atoms with Crippen molar-refractivity contribution in [1.82, 2.24) is 0 Å². The van der Waals surface area contributed by atoms with Gasteiger partial charge in [-0.25, -0.2) is 8.78 Å². The van der Waals surface area contributed by atoms with Crippen molar-refractivity contribution in [2.45, 2.75) is 39.0 Å². The van der Waals surface area contributed by atoms with Crippen LogP contribution in [0.4, 0.5) is 26.3 Å². The van der Waals surface area contributed by atoms with Gasteiger partial charge in [0.1, 0.15) is 0 Å². The molecule has 0 aromatic rings. The van der Waals surface area contributed by atoms with Crippen LogP contribution in [0.25, 0.3) is 0 Å². The van der Waals surface area contributed by atoms with Crippen LogP contribution in [0, 0.1) is 0 Å². The minimum absolute atomic E-state index is 0.251. The van der Waals surface area contributed by atoms with E-state index in [9.17, 15) is 26.3 Å². The lowest BCUT2D eigenvalue weighted by molar-refractivity contribution is -0.255. The summed E-state index contributed by atoms with van der Waals surface area (Å²) >= 11 is 0. The van der Waals surface area contributed by atoms with E-state index in [4.69, 9.17) is 0 Å². The largest absolute Gasteiger partial charge is 0.368 e. The highest BCUT2D eigenvalue weighted by atomic mass is 19.3. The smallest absolute Gasteiger partial charge is 0.203 e. The van der Waals surface area contributed by atoms with Crippen molar-refractivity contribution >= 4 is 0 Å². The standard InChI is InChI=1S/C4H4F6.C2H6/c1-3(7,8)4(9,10)2(5)6;1-2/h2H,1H3;1-2H3. The molecule has 0 aliphatic rings. The van der Waals surface area contributed by atoms with Crippen molar-refractivity contribution in [3.63, 3.8) is 0 Å². The molecular formula is C6H10F6. The quantitative estimate of drug-likeness (QED) is 0.592. The maximum absolute atomic E-state index is 11.6. The van der Waals surface area contributed by atoms with Gasteiger partial charge in [-0.2, -0.15) is 17.6 Å². The first kappa shape index (κ1) is 14.1. The van der Waals surface area contributed by atoms with Crippen LogP contribution in [0.1, 0.15) is 20.8 Å². The van der Waals surface area contributed by atoms with E-state index in [1.807, 2.05) is 13.8 Å². The fourth-order valence-corrected chi connectivity index (χ4v) is 0.192.